The van der Waals surface area contributed by atoms with Crippen LogP contribution in [-0.4, -0.2) is 37.9 Å². The van der Waals surface area contributed by atoms with Crippen molar-refractivity contribution in [2.24, 2.45) is 0 Å². The first kappa shape index (κ1) is 11.9. The summed E-state index contributed by atoms with van der Waals surface area (Å²) < 4.78 is 10.7. The Hall–Kier alpha value is -0.610. The van der Waals surface area contributed by atoms with Crippen molar-refractivity contribution in [2.45, 2.75) is 50.7 Å². The molecule has 0 radical (unpaired) electrons. The first-order valence-electron chi connectivity index (χ1n) is 6.33. The molecule has 2 rings (SSSR count). The van der Waals surface area contributed by atoms with E-state index in [1.165, 1.54) is 19.3 Å². The lowest BCUT2D eigenvalue weighted by Gasteiger charge is -2.25. The van der Waals surface area contributed by atoms with E-state index in [0.29, 0.717) is 32.3 Å². The summed E-state index contributed by atoms with van der Waals surface area (Å²) >= 11 is 0. The van der Waals surface area contributed by atoms with Gasteiger partial charge >= 0.3 is 0 Å². The van der Waals surface area contributed by atoms with Gasteiger partial charge in [-0.3, -0.25) is 4.79 Å². The third-order valence-electron chi connectivity index (χ3n) is 3.27. The van der Waals surface area contributed by atoms with Crippen molar-refractivity contribution in [3.63, 3.8) is 0 Å². The number of nitrogens with one attached hydrogen (secondary N) is 1. The van der Waals surface area contributed by atoms with Gasteiger partial charge in [0, 0.05) is 6.04 Å². The minimum atomic E-state index is -0.0441. The van der Waals surface area contributed by atoms with E-state index in [4.69, 9.17) is 9.47 Å². The second-order valence-electron chi connectivity index (χ2n) is 4.67. The third-order valence-corrected chi connectivity index (χ3v) is 3.27. The number of hydrogen-bond donors (Lipinski definition) is 1. The molecule has 1 unspecified atom stereocenters. The van der Waals surface area contributed by atoms with E-state index >= 15 is 0 Å². The summed E-state index contributed by atoms with van der Waals surface area (Å²) in [4.78, 5) is 11.7. The van der Waals surface area contributed by atoms with Crippen LogP contribution in [0.3, 0.4) is 0 Å². The van der Waals surface area contributed by atoms with Gasteiger partial charge in [0.1, 0.15) is 0 Å². The van der Waals surface area contributed by atoms with Crippen LogP contribution < -0.4 is 5.32 Å². The highest BCUT2D eigenvalue weighted by Gasteiger charge is 2.21. The molecular formula is C12H21NO3. The second-order valence-corrected chi connectivity index (χ2v) is 4.67. The van der Waals surface area contributed by atoms with Crippen LogP contribution in [0.1, 0.15) is 38.5 Å². The quantitative estimate of drug-likeness (QED) is 0.789. The van der Waals surface area contributed by atoms with Gasteiger partial charge in [-0.1, -0.05) is 19.3 Å². The normalized spacial score (nSPS) is 27.6. The zero-order valence-corrected chi connectivity index (χ0v) is 9.74. The van der Waals surface area contributed by atoms with Gasteiger partial charge in [0.15, 0.2) is 0 Å². The molecule has 92 valence electrons. The second kappa shape index (κ2) is 6.21. The molecular weight excluding hydrogens is 206 g/mol. The molecule has 1 heterocycles. The van der Waals surface area contributed by atoms with Gasteiger partial charge in [0.25, 0.3) is 0 Å². The summed E-state index contributed by atoms with van der Waals surface area (Å²) in [5.41, 5.74) is 0. The molecule has 1 amide bonds. The lowest BCUT2D eigenvalue weighted by Crippen LogP contribution is -2.40. The molecule has 0 aromatic rings. The number of amides is 1. The Balaban J connectivity index is 1.66. The fraction of sp³-hybridized carbons (Fsp3) is 0.917. The van der Waals surface area contributed by atoms with Crippen LogP contribution in [0.4, 0.5) is 0 Å². The summed E-state index contributed by atoms with van der Waals surface area (Å²) in [6.45, 7) is 1.82. The lowest BCUT2D eigenvalue weighted by molar-refractivity contribution is -0.132. The van der Waals surface area contributed by atoms with Crippen LogP contribution in [0.2, 0.25) is 0 Å². The molecule has 0 spiro atoms. The largest absolute Gasteiger partial charge is 0.376 e. The van der Waals surface area contributed by atoms with E-state index in [0.717, 1.165) is 12.8 Å². The summed E-state index contributed by atoms with van der Waals surface area (Å²) in [6, 6.07) is 0.394. The maximum absolute atomic E-state index is 11.7. The average Bonchev–Trinajstić information content (AvgIpc) is 2.31. The lowest BCUT2D eigenvalue weighted by atomic mass is 9.95. The number of rotatable bonds is 3. The Bertz CT molecular complexity index is 198. The zero-order chi connectivity index (χ0) is 11.2. The number of carbonyl (C=O) groups excluding carboxylic acids is 1. The minimum absolute atomic E-state index is 0.0441. The molecule has 1 saturated carbocycles. The third kappa shape index (κ3) is 3.76. The Labute approximate surface area is 96.7 Å². The van der Waals surface area contributed by atoms with Crippen molar-refractivity contribution in [3.8, 4) is 0 Å². The predicted octanol–water partition coefficient (Wildman–Crippen LogP) is 1.24. The molecule has 0 aromatic carbocycles. The molecule has 1 atom stereocenters. The van der Waals surface area contributed by atoms with Gasteiger partial charge in [-0.05, 0) is 12.8 Å². The highest BCUT2D eigenvalue weighted by Crippen LogP contribution is 2.17. The van der Waals surface area contributed by atoms with Crippen molar-refractivity contribution < 1.29 is 14.3 Å². The van der Waals surface area contributed by atoms with E-state index in [9.17, 15) is 4.79 Å². The maximum Gasteiger partial charge on any atom is 0.222 e. The molecule has 1 aliphatic carbocycles. The maximum atomic E-state index is 11.7. The van der Waals surface area contributed by atoms with Crippen LogP contribution in [-0.2, 0) is 14.3 Å². The number of carbonyl (C=O) groups is 1. The van der Waals surface area contributed by atoms with Crippen LogP contribution in [0.15, 0.2) is 0 Å². The van der Waals surface area contributed by atoms with Crippen LogP contribution in [0.5, 0.6) is 0 Å². The topological polar surface area (TPSA) is 47.6 Å². The van der Waals surface area contributed by atoms with Crippen molar-refractivity contribution in [1.82, 2.24) is 5.32 Å². The Morgan fingerprint density at radius 3 is 2.69 bits per heavy atom. The van der Waals surface area contributed by atoms with Crippen molar-refractivity contribution in [2.75, 3.05) is 19.8 Å². The van der Waals surface area contributed by atoms with E-state index in [1.807, 2.05) is 0 Å². The van der Waals surface area contributed by atoms with Gasteiger partial charge in [0.2, 0.25) is 5.91 Å². The molecule has 4 nitrogen and oxygen atoms in total. The molecule has 1 N–H and O–H groups in total. The van der Waals surface area contributed by atoms with Crippen LogP contribution >= 0.6 is 0 Å². The zero-order valence-electron chi connectivity index (χ0n) is 9.74. The van der Waals surface area contributed by atoms with E-state index < -0.39 is 0 Å². The molecule has 2 fully saturated rings. The van der Waals surface area contributed by atoms with E-state index in [2.05, 4.69) is 5.32 Å². The Morgan fingerprint density at radius 1 is 1.19 bits per heavy atom. The summed E-state index contributed by atoms with van der Waals surface area (Å²) in [7, 11) is 0. The summed E-state index contributed by atoms with van der Waals surface area (Å²) in [6.07, 6.45) is 6.46. The SMILES string of the molecule is O=C(CC1COCCO1)NC1CCCCC1. The Kier molecular flexibility index (Phi) is 4.60. The first-order chi connectivity index (χ1) is 7.84. The van der Waals surface area contributed by atoms with Crippen molar-refractivity contribution >= 4 is 5.91 Å². The highest BCUT2D eigenvalue weighted by molar-refractivity contribution is 5.76. The molecule has 1 aliphatic heterocycles. The smallest absolute Gasteiger partial charge is 0.222 e. The van der Waals surface area contributed by atoms with E-state index in [1.54, 1.807) is 0 Å². The number of hydrogen-bond acceptors (Lipinski definition) is 3. The van der Waals surface area contributed by atoms with Crippen molar-refractivity contribution in [3.05, 3.63) is 0 Å². The molecule has 2 aliphatic rings. The summed E-state index contributed by atoms with van der Waals surface area (Å²) in [5.74, 6) is 0.113. The first-order valence-corrected chi connectivity index (χ1v) is 6.33. The highest BCUT2D eigenvalue weighted by atomic mass is 16.6. The molecule has 4 heteroatoms. The fourth-order valence-electron chi connectivity index (χ4n) is 2.39. The van der Waals surface area contributed by atoms with Crippen LogP contribution in [0.25, 0.3) is 0 Å². The van der Waals surface area contributed by atoms with Crippen molar-refractivity contribution in [1.29, 1.82) is 0 Å². The predicted molar refractivity (Wildman–Crippen MR) is 60.2 cm³/mol. The summed E-state index contributed by atoms with van der Waals surface area (Å²) in [5, 5.41) is 3.09. The fourth-order valence-corrected chi connectivity index (χ4v) is 2.39. The monoisotopic (exact) mass is 227 g/mol. The standard InChI is InChI=1S/C12H21NO3/c14-12(8-11-9-15-6-7-16-11)13-10-4-2-1-3-5-10/h10-11H,1-9H2,(H,13,14). The van der Waals surface area contributed by atoms with Gasteiger partial charge in [-0.15, -0.1) is 0 Å². The van der Waals surface area contributed by atoms with Crippen LogP contribution in [0, 0.1) is 0 Å². The molecule has 1 saturated heterocycles. The van der Waals surface area contributed by atoms with E-state index in [-0.39, 0.29) is 12.0 Å². The molecule has 16 heavy (non-hydrogen) atoms. The van der Waals surface area contributed by atoms with Gasteiger partial charge in [-0.2, -0.15) is 0 Å². The Morgan fingerprint density at radius 2 is 2.00 bits per heavy atom. The van der Waals surface area contributed by atoms with Gasteiger partial charge in [0.05, 0.1) is 32.3 Å². The molecule has 0 aromatic heterocycles. The van der Waals surface area contributed by atoms with Gasteiger partial charge in [-0.25, -0.2) is 0 Å². The number of ether oxygens (including phenoxy) is 2. The minimum Gasteiger partial charge on any atom is -0.376 e. The average molecular weight is 227 g/mol. The molecule has 0 bridgehead atoms. The van der Waals surface area contributed by atoms with Gasteiger partial charge < -0.3 is 14.8 Å².